The van der Waals surface area contributed by atoms with Crippen LogP contribution in [0.1, 0.15) is 0 Å². The number of hydrogen-bond donors (Lipinski definition) is 0. The summed E-state index contributed by atoms with van der Waals surface area (Å²) in [5, 5.41) is 0. The quantitative estimate of drug-likeness (QED) is 0.576. The SMILES string of the molecule is [Cr].[Cr].[Cr].[Cr].[Cr].[Zr]. The van der Waals surface area contributed by atoms with Gasteiger partial charge < -0.3 is 0 Å². The molecule has 6 heavy (non-hydrogen) atoms. The second-order valence-corrected chi connectivity index (χ2v) is 0. The molecule has 0 saturated carbocycles. The van der Waals surface area contributed by atoms with Crippen molar-refractivity contribution in [2.75, 3.05) is 0 Å². The van der Waals surface area contributed by atoms with Crippen LogP contribution < -0.4 is 0 Å². The Bertz CT molecular complexity index is 3.90. The van der Waals surface area contributed by atoms with Crippen LogP contribution in [0.25, 0.3) is 0 Å². The van der Waals surface area contributed by atoms with Crippen molar-refractivity contribution in [3.05, 3.63) is 0 Å². The maximum Gasteiger partial charge on any atom is 0 e. The molecule has 0 N–H and O–H groups in total. The van der Waals surface area contributed by atoms with Crippen LogP contribution >= 0.6 is 0 Å². The predicted molar refractivity (Wildman–Crippen MR) is 0 cm³/mol. The maximum absolute atomic E-state index is 0. The van der Waals surface area contributed by atoms with Crippen LogP contribution in [0.5, 0.6) is 0 Å². The van der Waals surface area contributed by atoms with Gasteiger partial charge in [0.05, 0.1) is 0 Å². The molecule has 0 aromatic heterocycles. The summed E-state index contributed by atoms with van der Waals surface area (Å²) >= 11 is 0. The van der Waals surface area contributed by atoms with Gasteiger partial charge in [-0.15, -0.1) is 0 Å². The maximum atomic E-state index is 0. The molecular weight excluding hydrogens is 351 g/mol. The van der Waals surface area contributed by atoms with E-state index in [4.69, 9.17) is 0 Å². The fraction of sp³-hybridized carbons (Fsp3) is 0. The molecule has 0 saturated heterocycles. The smallest absolute Gasteiger partial charge is 0 e. The first-order valence-corrected chi connectivity index (χ1v) is 0. The van der Waals surface area contributed by atoms with Gasteiger partial charge in [0.1, 0.15) is 0 Å². The monoisotopic (exact) mass is 350 g/mol. The molecule has 0 radical (unpaired) electrons. The van der Waals surface area contributed by atoms with Crippen LogP contribution in [0.15, 0.2) is 0 Å². The van der Waals surface area contributed by atoms with E-state index in [1.54, 1.807) is 0 Å². The zero-order valence-corrected chi connectivity index (χ0v) is 11.4. The second-order valence-electron chi connectivity index (χ2n) is 0. The van der Waals surface area contributed by atoms with E-state index in [-0.39, 0.29) is 113 Å². The van der Waals surface area contributed by atoms with Crippen LogP contribution in [0.4, 0.5) is 0 Å². The van der Waals surface area contributed by atoms with E-state index < -0.39 is 0 Å². The van der Waals surface area contributed by atoms with E-state index in [0.717, 1.165) is 0 Å². The van der Waals surface area contributed by atoms with Crippen LogP contribution in [-0.4, -0.2) is 0 Å². The molecule has 0 rings (SSSR count). The third-order valence-electron chi connectivity index (χ3n) is 0. The summed E-state index contributed by atoms with van der Waals surface area (Å²) in [4.78, 5) is 0. The first-order valence-electron chi connectivity index (χ1n) is 0. The Labute approximate surface area is 111 Å². The molecule has 0 atom stereocenters. The molecule has 0 bridgehead atoms. The molecule has 0 unspecified atom stereocenters. The van der Waals surface area contributed by atoms with E-state index in [0.29, 0.717) is 0 Å². The molecule has 0 aromatic rings. The second kappa shape index (κ2) is 38.7. The van der Waals surface area contributed by atoms with E-state index >= 15 is 0 Å². The minimum Gasteiger partial charge on any atom is 0 e. The molecule has 0 fully saturated rings. The summed E-state index contributed by atoms with van der Waals surface area (Å²) in [6.07, 6.45) is 0. The molecule has 0 aliphatic rings. The number of rotatable bonds is 0. The van der Waals surface area contributed by atoms with Gasteiger partial charge in [0.15, 0.2) is 0 Å². The first kappa shape index (κ1) is 55.5. The van der Waals surface area contributed by atoms with E-state index in [1.807, 2.05) is 0 Å². The van der Waals surface area contributed by atoms with Gasteiger partial charge in [-0.05, 0) is 0 Å². The Hall–Kier alpha value is 3.55. The summed E-state index contributed by atoms with van der Waals surface area (Å²) in [6.45, 7) is 0. The van der Waals surface area contributed by atoms with Gasteiger partial charge in [0.2, 0.25) is 0 Å². The van der Waals surface area contributed by atoms with Gasteiger partial charge in [-0.2, -0.15) is 0 Å². The Morgan fingerprint density at radius 3 is 0.333 bits per heavy atom. The predicted octanol–water partition coefficient (Wildman–Crippen LogP) is -0.0150. The van der Waals surface area contributed by atoms with Gasteiger partial charge in [0.25, 0.3) is 0 Å². The topological polar surface area (TPSA) is 0 Å². The van der Waals surface area contributed by atoms with Crippen molar-refractivity contribution in [2.45, 2.75) is 0 Å². The Morgan fingerprint density at radius 2 is 0.333 bits per heavy atom. The average molecular weight is 351 g/mol. The Morgan fingerprint density at radius 1 is 0.333 bits per heavy atom. The Kier molecular flexibility index (Phi) is 358. The van der Waals surface area contributed by atoms with Gasteiger partial charge >= 0.3 is 0 Å². The van der Waals surface area contributed by atoms with Crippen LogP contribution in [0.2, 0.25) is 0 Å². The van der Waals surface area contributed by atoms with Crippen molar-refractivity contribution in [1.82, 2.24) is 0 Å². The van der Waals surface area contributed by atoms with Gasteiger partial charge in [-0.1, -0.05) is 0 Å². The van der Waals surface area contributed by atoms with Crippen molar-refractivity contribution >= 4 is 0 Å². The van der Waals surface area contributed by atoms with Gasteiger partial charge in [-0.3, -0.25) is 0 Å². The summed E-state index contributed by atoms with van der Waals surface area (Å²) in [5.74, 6) is 0. The minimum absolute atomic E-state index is 0. The average Bonchev–Trinajstić information content (AvgIpc) is 0. The van der Waals surface area contributed by atoms with Gasteiger partial charge in [-0.25, -0.2) is 0 Å². The molecule has 0 amide bonds. The van der Waals surface area contributed by atoms with Crippen molar-refractivity contribution in [1.29, 1.82) is 0 Å². The third-order valence-corrected chi connectivity index (χ3v) is 0. The summed E-state index contributed by atoms with van der Waals surface area (Å²) < 4.78 is 0. The van der Waals surface area contributed by atoms with Crippen molar-refractivity contribution in [2.24, 2.45) is 0 Å². The largest absolute Gasteiger partial charge is 0 e. The van der Waals surface area contributed by atoms with E-state index in [2.05, 4.69) is 0 Å². The summed E-state index contributed by atoms with van der Waals surface area (Å²) in [6, 6.07) is 0. The summed E-state index contributed by atoms with van der Waals surface area (Å²) in [5.41, 5.74) is 0. The zero-order valence-electron chi connectivity index (χ0n) is 2.54. The van der Waals surface area contributed by atoms with Gasteiger partial charge in [0, 0.05) is 113 Å². The molecule has 0 aromatic carbocycles. The molecule has 0 nitrogen and oxygen atoms in total. The van der Waals surface area contributed by atoms with Crippen LogP contribution in [0, 0.1) is 0 Å². The number of hydrogen-bond acceptors (Lipinski definition) is 0. The van der Waals surface area contributed by atoms with Crippen molar-refractivity contribution < 1.29 is 113 Å². The molecule has 6 heteroatoms. The third kappa shape index (κ3) is 25.7. The molecule has 0 spiro atoms. The zero-order chi connectivity index (χ0) is 0. The molecule has 0 heterocycles. The fourth-order valence-corrected chi connectivity index (χ4v) is 0. The minimum atomic E-state index is 0. The molecule has 0 aliphatic carbocycles. The van der Waals surface area contributed by atoms with Crippen LogP contribution in [0.3, 0.4) is 0 Å². The van der Waals surface area contributed by atoms with Crippen LogP contribution in [-0.2, 0) is 113 Å². The Balaban J connectivity index is 0. The summed E-state index contributed by atoms with van der Waals surface area (Å²) in [7, 11) is 0. The normalized spacial score (nSPS) is 0. The fourth-order valence-electron chi connectivity index (χ4n) is 0. The van der Waals surface area contributed by atoms with Crippen molar-refractivity contribution in [3.8, 4) is 0 Å². The molecular formula is Cr5Zr. The first-order chi connectivity index (χ1) is 0. The van der Waals surface area contributed by atoms with Crippen molar-refractivity contribution in [3.63, 3.8) is 0 Å². The van der Waals surface area contributed by atoms with E-state index in [1.165, 1.54) is 0 Å². The molecule has 0 aliphatic heterocycles. The standard InChI is InChI=1S/5Cr.Zr. The molecule has 34 valence electrons. The van der Waals surface area contributed by atoms with E-state index in [9.17, 15) is 0 Å².